The smallest absolute Gasteiger partial charge is 0.316 e. The molecule has 150 valence electrons. The third-order valence-electron chi connectivity index (χ3n) is 3.94. The summed E-state index contributed by atoms with van der Waals surface area (Å²) in [5.41, 5.74) is 3.80. The topological polar surface area (TPSA) is 75.6 Å². The summed E-state index contributed by atoms with van der Waals surface area (Å²) in [7, 11) is 5.64. The number of benzene rings is 1. The number of amides is 1. The Morgan fingerprint density at radius 3 is 2.21 bits per heavy atom. The van der Waals surface area contributed by atoms with Crippen LogP contribution in [-0.2, 0) is 20.9 Å². The van der Waals surface area contributed by atoms with Gasteiger partial charge < -0.3 is 14.5 Å². The number of esters is 1. The van der Waals surface area contributed by atoms with Gasteiger partial charge in [0.1, 0.15) is 0 Å². The van der Waals surface area contributed by atoms with E-state index in [1.165, 1.54) is 16.7 Å². The molecule has 1 heterocycles. The maximum atomic E-state index is 12.2. The van der Waals surface area contributed by atoms with E-state index >= 15 is 0 Å². The van der Waals surface area contributed by atoms with Crippen LogP contribution in [0, 0.1) is 13.8 Å². The number of thioether (sulfide) groups is 1. The van der Waals surface area contributed by atoms with E-state index in [4.69, 9.17) is 4.74 Å². The Bertz CT molecular complexity index is 804. The number of nitrogens with zero attached hydrogens (tertiary/aromatic N) is 4. The Labute approximate surface area is 170 Å². The van der Waals surface area contributed by atoms with Crippen molar-refractivity contribution in [3.63, 3.8) is 0 Å². The molecule has 28 heavy (non-hydrogen) atoms. The summed E-state index contributed by atoms with van der Waals surface area (Å²) in [4.78, 5) is 36.2. The molecule has 0 saturated carbocycles. The first-order valence-corrected chi connectivity index (χ1v) is 9.84. The maximum Gasteiger partial charge on any atom is 0.316 e. The van der Waals surface area contributed by atoms with Gasteiger partial charge in [-0.2, -0.15) is 0 Å². The molecule has 2 aromatic rings. The average molecular weight is 403 g/mol. The predicted octanol–water partition coefficient (Wildman–Crippen LogP) is 2.45. The van der Waals surface area contributed by atoms with Crippen molar-refractivity contribution >= 4 is 29.3 Å². The highest BCUT2D eigenvalue weighted by Crippen LogP contribution is 2.15. The van der Waals surface area contributed by atoms with Gasteiger partial charge in [-0.3, -0.25) is 9.59 Å². The summed E-state index contributed by atoms with van der Waals surface area (Å²) in [6.07, 6.45) is 0. The van der Waals surface area contributed by atoms with Crippen molar-refractivity contribution in [3.8, 4) is 0 Å². The summed E-state index contributed by atoms with van der Waals surface area (Å²) in [6.45, 7) is 3.92. The first-order chi connectivity index (χ1) is 13.2. The molecule has 0 fully saturated rings. The molecule has 7 nitrogen and oxygen atoms in total. The minimum Gasteiger partial charge on any atom is -0.455 e. The monoisotopic (exact) mass is 402 g/mol. The zero-order valence-corrected chi connectivity index (χ0v) is 17.7. The minimum atomic E-state index is -0.468. The van der Waals surface area contributed by atoms with Gasteiger partial charge in [-0.25, -0.2) is 9.97 Å². The van der Waals surface area contributed by atoms with Crippen LogP contribution in [0.5, 0.6) is 0 Å². The molecule has 1 aromatic carbocycles. The van der Waals surface area contributed by atoms with Crippen LogP contribution in [-0.4, -0.2) is 60.2 Å². The van der Waals surface area contributed by atoms with Crippen molar-refractivity contribution in [2.45, 2.75) is 25.5 Å². The molecule has 0 aliphatic carbocycles. The molecule has 0 unspecified atom stereocenters. The highest BCUT2D eigenvalue weighted by atomic mass is 32.2. The molecule has 0 saturated heterocycles. The molecule has 0 radical (unpaired) electrons. The largest absolute Gasteiger partial charge is 0.455 e. The van der Waals surface area contributed by atoms with Gasteiger partial charge in [0, 0.05) is 44.8 Å². The third kappa shape index (κ3) is 6.84. The number of hydrogen-bond donors (Lipinski definition) is 0. The highest BCUT2D eigenvalue weighted by molar-refractivity contribution is 7.99. The Morgan fingerprint density at radius 2 is 1.64 bits per heavy atom. The number of aromatic nitrogens is 2. The Hall–Kier alpha value is -2.61. The van der Waals surface area contributed by atoms with Gasteiger partial charge in [-0.05, 0) is 37.6 Å². The minimum absolute atomic E-state index is 0.0614. The summed E-state index contributed by atoms with van der Waals surface area (Å²) >= 11 is 1.20. The van der Waals surface area contributed by atoms with Crippen LogP contribution in [0.3, 0.4) is 0 Å². The lowest BCUT2D eigenvalue weighted by molar-refractivity contribution is -0.149. The zero-order chi connectivity index (χ0) is 20.7. The van der Waals surface area contributed by atoms with E-state index in [1.54, 1.807) is 7.05 Å². The second-order valence-electron chi connectivity index (χ2n) is 6.69. The lowest BCUT2D eigenvalue weighted by Gasteiger charge is -2.18. The van der Waals surface area contributed by atoms with E-state index in [0.717, 1.165) is 22.6 Å². The number of rotatable bonds is 8. The fourth-order valence-corrected chi connectivity index (χ4v) is 3.18. The van der Waals surface area contributed by atoms with Gasteiger partial charge in [0.15, 0.2) is 11.8 Å². The maximum absolute atomic E-state index is 12.2. The van der Waals surface area contributed by atoms with Crippen molar-refractivity contribution in [2.75, 3.05) is 38.4 Å². The molecule has 0 atom stereocenters. The number of hydrogen-bond acceptors (Lipinski definition) is 7. The Morgan fingerprint density at radius 1 is 1.04 bits per heavy atom. The predicted molar refractivity (Wildman–Crippen MR) is 110 cm³/mol. The average Bonchev–Trinajstić information content (AvgIpc) is 2.64. The van der Waals surface area contributed by atoms with Crippen molar-refractivity contribution in [3.05, 3.63) is 47.3 Å². The number of anilines is 1. The first kappa shape index (κ1) is 21.7. The third-order valence-corrected chi connectivity index (χ3v) is 4.76. The van der Waals surface area contributed by atoms with Crippen molar-refractivity contribution in [1.29, 1.82) is 0 Å². The molecule has 1 aromatic heterocycles. The van der Waals surface area contributed by atoms with Crippen LogP contribution >= 0.6 is 11.8 Å². The first-order valence-electron chi connectivity index (χ1n) is 8.85. The second kappa shape index (κ2) is 10.1. The van der Waals surface area contributed by atoms with Crippen LogP contribution in [0.4, 0.5) is 5.69 Å². The normalized spacial score (nSPS) is 10.5. The Kier molecular flexibility index (Phi) is 7.80. The number of carbonyl (C=O) groups is 2. The second-order valence-corrected chi connectivity index (χ2v) is 7.64. The van der Waals surface area contributed by atoms with E-state index in [-0.39, 0.29) is 18.3 Å². The van der Waals surface area contributed by atoms with E-state index in [1.807, 2.05) is 63.2 Å². The van der Waals surface area contributed by atoms with Crippen molar-refractivity contribution in [1.82, 2.24) is 14.9 Å². The molecule has 0 spiro atoms. The quantitative estimate of drug-likeness (QED) is 0.381. The van der Waals surface area contributed by atoms with Crippen molar-refractivity contribution < 1.29 is 14.3 Å². The fraction of sp³-hybridized carbons (Fsp3) is 0.400. The lowest BCUT2D eigenvalue weighted by Crippen LogP contribution is -2.31. The molecule has 0 aliphatic rings. The zero-order valence-electron chi connectivity index (χ0n) is 16.9. The van der Waals surface area contributed by atoms with Gasteiger partial charge in [0.05, 0.1) is 5.75 Å². The molecule has 8 heteroatoms. The highest BCUT2D eigenvalue weighted by Gasteiger charge is 2.14. The van der Waals surface area contributed by atoms with E-state index in [0.29, 0.717) is 11.7 Å². The molecule has 2 rings (SSSR count). The van der Waals surface area contributed by atoms with Gasteiger partial charge in [-0.1, -0.05) is 23.9 Å². The number of carbonyl (C=O) groups excluding carboxylic acids is 2. The van der Waals surface area contributed by atoms with Gasteiger partial charge in [0.25, 0.3) is 5.91 Å². The Balaban J connectivity index is 1.76. The standard InChI is InChI=1S/C20H26N4O3S/c1-14-10-15(2)22-20(21-14)28-13-19(26)27-12-18(25)24(5)11-16-6-8-17(9-7-16)23(3)4/h6-10H,11-13H2,1-5H3. The SMILES string of the molecule is Cc1cc(C)nc(SCC(=O)OCC(=O)N(C)Cc2ccc(N(C)C)cc2)n1. The van der Waals surface area contributed by atoms with E-state index in [9.17, 15) is 9.59 Å². The van der Waals surface area contributed by atoms with Gasteiger partial charge >= 0.3 is 5.97 Å². The van der Waals surface area contributed by atoms with Crippen LogP contribution in [0.15, 0.2) is 35.5 Å². The summed E-state index contributed by atoms with van der Waals surface area (Å²) in [6, 6.07) is 9.82. The lowest BCUT2D eigenvalue weighted by atomic mass is 10.2. The molecular weight excluding hydrogens is 376 g/mol. The fourth-order valence-electron chi connectivity index (χ4n) is 2.44. The van der Waals surface area contributed by atoms with Gasteiger partial charge in [-0.15, -0.1) is 0 Å². The number of likely N-dealkylation sites (N-methyl/N-ethyl adjacent to an activating group) is 1. The van der Waals surface area contributed by atoms with Crippen LogP contribution in [0.1, 0.15) is 17.0 Å². The summed E-state index contributed by atoms with van der Waals surface area (Å²) in [5, 5.41) is 0.527. The molecule has 0 aliphatic heterocycles. The van der Waals surface area contributed by atoms with Crippen LogP contribution in [0.25, 0.3) is 0 Å². The number of aryl methyl sites for hydroxylation is 2. The van der Waals surface area contributed by atoms with Crippen molar-refractivity contribution in [2.24, 2.45) is 0 Å². The summed E-state index contributed by atoms with van der Waals surface area (Å²) in [5.74, 6) is -0.658. The van der Waals surface area contributed by atoms with Gasteiger partial charge in [0.2, 0.25) is 0 Å². The van der Waals surface area contributed by atoms with Crippen LogP contribution < -0.4 is 4.90 Å². The molecule has 1 amide bonds. The molecular formula is C20H26N4O3S. The molecule has 0 N–H and O–H groups in total. The van der Waals surface area contributed by atoms with E-state index < -0.39 is 5.97 Å². The summed E-state index contributed by atoms with van der Waals surface area (Å²) < 4.78 is 5.08. The number of ether oxygens (including phenoxy) is 1. The molecule has 0 bridgehead atoms. The van der Waals surface area contributed by atoms with Crippen LogP contribution in [0.2, 0.25) is 0 Å². The van der Waals surface area contributed by atoms with E-state index in [2.05, 4.69) is 9.97 Å².